The number of nitro groups is 1. The second-order valence-corrected chi connectivity index (χ2v) is 5.61. The second-order valence-electron chi connectivity index (χ2n) is 3.05. The van der Waals surface area contributed by atoms with Crippen molar-refractivity contribution in [3.8, 4) is 5.75 Å². The number of carbonyl (C=O) groups excluding carboxylic acids is 1. The zero-order valence-corrected chi connectivity index (χ0v) is 10.3. The van der Waals surface area contributed by atoms with E-state index < -0.39 is 42.5 Å². The maximum atomic E-state index is 12.1. The van der Waals surface area contributed by atoms with Crippen molar-refractivity contribution in [2.45, 2.75) is 11.5 Å². The molecule has 1 aromatic carbocycles. The first kappa shape index (κ1) is 15.2. The molecule has 0 aliphatic heterocycles. The van der Waals surface area contributed by atoms with Gasteiger partial charge in [-0.15, -0.1) is 0 Å². The first-order valence-electron chi connectivity index (χ1n) is 4.34. The summed E-state index contributed by atoms with van der Waals surface area (Å²) >= 11 is 0. The van der Waals surface area contributed by atoms with Crippen molar-refractivity contribution in [3.05, 3.63) is 27.8 Å². The first-order chi connectivity index (χ1) is 8.66. The molecule has 7 nitrogen and oxygen atoms in total. The molecule has 0 aliphatic carbocycles. The van der Waals surface area contributed by atoms with E-state index in [2.05, 4.69) is 4.74 Å². The minimum absolute atomic E-state index is 0.0967. The second kappa shape index (κ2) is 5.45. The van der Waals surface area contributed by atoms with E-state index in [0.717, 1.165) is 0 Å². The fourth-order valence-corrected chi connectivity index (χ4v) is 1.96. The summed E-state index contributed by atoms with van der Waals surface area (Å²) in [6, 6.07) is 0.982. The number of carbonyl (C=O) groups is 1. The Morgan fingerprint density at radius 3 is 2.37 bits per heavy atom. The summed E-state index contributed by atoms with van der Waals surface area (Å²) in [5.41, 5.74) is -1.82. The summed E-state index contributed by atoms with van der Waals surface area (Å²) in [6.45, 7) is -3.40. The van der Waals surface area contributed by atoms with Crippen LogP contribution in [0.15, 0.2) is 17.0 Å². The van der Waals surface area contributed by atoms with Crippen molar-refractivity contribution in [2.24, 2.45) is 0 Å². The minimum atomic E-state index is -4.42. The van der Waals surface area contributed by atoms with Gasteiger partial charge in [-0.3, -0.25) is 14.9 Å². The van der Waals surface area contributed by atoms with Crippen LogP contribution >= 0.6 is 10.7 Å². The summed E-state index contributed by atoms with van der Waals surface area (Å²) < 4.78 is 50.2. The van der Waals surface area contributed by atoms with Crippen LogP contribution in [0.2, 0.25) is 0 Å². The van der Waals surface area contributed by atoms with Gasteiger partial charge in [0.15, 0.2) is 6.29 Å². The standard InChI is InChI=1S/C8H4ClF2NO6S/c9-19(16,17)4-1-6(12(14)15)5(3-13)7(2-4)18-8(10)11/h1-3,8H. The molecule has 0 heterocycles. The van der Waals surface area contributed by atoms with E-state index in [1.807, 2.05) is 0 Å². The third-order valence-corrected chi connectivity index (χ3v) is 3.24. The molecule has 0 bridgehead atoms. The summed E-state index contributed by atoms with van der Waals surface area (Å²) in [5, 5.41) is 10.7. The fraction of sp³-hybridized carbons (Fsp3) is 0.125. The number of halogens is 3. The van der Waals surface area contributed by atoms with Gasteiger partial charge in [0.05, 0.1) is 9.82 Å². The molecule has 0 saturated heterocycles. The molecule has 0 unspecified atom stereocenters. The average Bonchev–Trinajstić information content (AvgIpc) is 2.25. The predicted molar refractivity (Wildman–Crippen MR) is 58.2 cm³/mol. The molecule has 11 heteroatoms. The van der Waals surface area contributed by atoms with Gasteiger partial charge in [0.1, 0.15) is 11.3 Å². The number of hydrogen-bond donors (Lipinski definition) is 0. The van der Waals surface area contributed by atoms with Crippen molar-refractivity contribution >= 4 is 31.7 Å². The van der Waals surface area contributed by atoms with Crippen LogP contribution in [-0.2, 0) is 9.05 Å². The van der Waals surface area contributed by atoms with E-state index in [9.17, 15) is 32.1 Å². The monoisotopic (exact) mass is 315 g/mol. The van der Waals surface area contributed by atoms with E-state index in [1.165, 1.54) is 0 Å². The lowest BCUT2D eigenvalue weighted by molar-refractivity contribution is -0.385. The Morgan fingerprint density at radius 2 is 2.00 bits per heavy atom. The number of nitrogens with zero attached hydrogens (tertiary/aromatic N) is 1. The molecular weight excluding hydrogens is 312 g/mol. The zero-order chi connectivity index (χ0) is 14.8. The highest BCUT2D eigenvalue weighted by Crippen LogP contribution is 2.33. The maximum absolute atomic E-state index is 12.1. The molecule has 1 aromatic rings. The number of nitro benzene ring substituents is 1. The van der Waals surface area contributed by atoms with Crippen LogP contribution < -0.4 is 4.74 Å². The Bertz CT molecular complexity index is 632. The molecule has 0 amide bonds. The Kier molecular flexibility index (Phi) is 4.37. The zero-order valence-electron chi connectivity index (χ0n) is 8.75. The smallest absolute Gasteiger partial charge is 0.387 e. The topological polar surface area (TPSA) is 104 Å². The third-order valence-electron chi connectivity index (χ3n) is 1.91. The van der Waals surface area contributed by atoms with E-state index in [-0.39, 0.29) is 6.29 Å². The molecule has 0 atom stereocenters. The van der Waals surface area contributed by atoms with Crippen molar-refractivity contribution in [1.82, 2.24) is 0 Å². The Balaban J connectivity index is 3.63. The number of benzene rings is 1. The van der Waals surface area contributed by atoms with E-state index in [1.54, 1.807) is 0 Å². The molecule has 0 fully saturated rings. The van der Waals surface area contributed by atoms with Crippen molar-refractivity contribution in [1.29, 1.82) is 0 Å². The van der Waals surface area contributed by atoms with Crippen LogP contribution in [0.1, 0.15) is 10.4 Å². The molecule has 0 spiro atoms. The highest BCUT2D eigenvalue weighted by molar-refractivity contribution is 8.13. The average molecular weight is 316 g/mol. The highest BCUT2D eigenvalue weighted by atomic mass is 35.7. The first-order valence-corrected chi connectivity index (χ1v) is 6.65. The lowest BCUT2D eigenvalue weighted by Crippen LogP contribution is -2.07. The third kappa shape index (κ3) is 3.58. The predicted octanol–water partition coefficient (Wildman–Crippen LogP) is 1.94. The van der Waals surface area contributed by atoms with Crippen LogP contribution in [-0.4, -0.2) is 26.2 Å². The van der Waals surface area contributed by atoms with Crippen LogP contribution in [0.5, 0.6) is 5.75 Å². The molecule has 0 radical (unpaired) electrons. The normalized spacial score (nSPS) is 11.4. The van der Waals surface area contributed by atoms with Crippen molar-refractivity contribution in [2.75, 3.05) is 0 Å². The molecule has 0 saturated carbocycles. The van der Waals surface area contributed by atoms with E-state index >= 15 is 0 Å². The van der Waals surface area contributed by atoms with Gasteiger partial charge in [0, 0.05) is 22.8 Å². The van der Waals surface area contributed by atoms with E-state index in [4.69, 9.17) is 10.7 Å². The number of ether oxygens (including phenoxy) is 1. The number of rotatable bonds is 5. The largest absolute Gasteiger partial charge is 0.434 e. The van der Waals surface area contributed by atoms with Gasteiger partial charge in [-0.2, -0.15) is 8.78 Å². The van der Waals surface area contributed by atoms with Gasteiger partial charge in [0.25, 0.3) is 14.7 Å². The van der Waals surface area contributed by atoms with Crippen LogP contribution in [0.3, 0.4) is 0 Å². The lowest BCUT2D eigenvalue weighted by Gasteiger charge is -2.08. The van der Waals surface area contributed by atoms with Crippen LogP contribution in [0.25, 0.3) is 0 Å². The van der Waals surface area contributed by atoms with E-state index in [0.29, 0.717) is 12.1 Å². The fourth-order valence-electron chi connectivity index (χ4n) is 1.19. The summed E-state index contributed by atoms with van der Waals surface area (Å²) in [5.74, 6) is -0.946. The summed E-state index contributed by atoms with van der Waals surface area (Å²) in [6.07, 6.45) is -0.0967. The van der Waals surface area contributed by atoms with Gasteiger partial charge >= 0.3 is 6.61 Å². The minimum Gasteiger partial charge on any atom is -0.434 e. The van der Waals surface area contributed by atoms with Crippen molar-refractivity contribution in [3.63, 3.8) is 0 Å². The molecule has 0 N–H and O–H groups in total. The Labute approximate surface area is 109 Å². The lowest BCUT2D eigenvalue weighted by atomic mass is 10.2. The van der Waals surface area contributed by atoms with Crippen LogP contribution in [0, 0.1) is 10.1 Å². The van der Waals surface area contributed by atoms with Gasteiger partial charge in [-0.1, -0.05) is 0 Å². The Morgan fingerprint density at radius 1 is 1.42 bits per heavy atom. The van der Waals surface area contributed by atoms with Gasteiger partial charge in [-0.25, -0.2) is 8.42 Å². The van der Waals surface area contributed by atoms with Gasteiger partial charge in [-0.05, 0) is 0 Å². The molecule has 0 aromatic heterocycles. The summed E-state index contributed by atoms with van der Waals surface area (Å²) in [7, 11) is 0.542. The number of alkyl halides is 2. The molecular formula is C8H4ClF2NO6S. The molecule has 0 aliphatic rings. The number of hydrogen-bond acceptors (Lipinski definition) is 6. The maximum Gasteiger partial charge on any atom is 0.387 e. The SMILES string of the molecule is O=Cc1c(OC(F)F)cc(S(=O)(=O)Cl)cc1[N+](=O)[O-]. The summed E-state index contributed by atoms with van der Waals surface area (Å²) in [4.78, 5) is 19.4. The van der Waals surface area contributed by atoms with Crippen LogP contribution in [0.4, 0.5) is 14.5 Å². The van der Waals surface area contributed by atoms with Crippen molar-refractivity contribution < 1.29 is 31.7 Å². The molecule has 1 rings (SSSR count). The quantitative estimate of drug-likeness (QED) is 0.356. The van der Waals surface area contributed by atoms with Gasteiger partial charge in [0.2, 0.25) is 0 Å². The molecule has 19 heavy (non-hydrogen) atoms. The Hall–Kier alpha value is -1.81. The highest BCUT2D eigenvalue weighted by Gasteiger charge is 2.26. The van der Waals surface area contributed by atoms with Gasteiger partial charge < -0.3 is 4.74 Å². The number of aldehydes is 1. The molecule has 104 valence electrons.